The van der Waals surface area contributed by atoms with E-state index >= 15 is 0 Å². The monoisotopic (exact) mass is 227 g/mol. The summed E-state index contributed by atoms with van der Waals surface area (Å²) in [5.41, 5.74) is 3.95. The van der Waals surface area contributed by atoms with Crippen molar-refractivity contribution in [3.63, 3.8) is 0 Å². The molecule has 0 fully saturated rings. The van der Waals surface area contributed by atoms with Crippen LogP contribution in [0.25, 0.3) is 5.69 Å². The van der Waals surface area contributed by atoms with Gasteiger partial charge >= 0.3 is 0 Å². The van der Waals surface area contributed by atoms with Crippen molar-refractivity contribution < 1.29 is 4.79 Å². The zero-order valence-corrected chi connectivity index (χ0v) is 9.39. The molecule has 0 aliphatic carbocycles. The summed E-state index contributed by atoms with van der Waals surface area (Å²) < 4.78 is 1.87. The number of carbonyl (C=O) groups is 1. The second-order valence-electron chi connectivity index (χ2n) is 4.13. The van der Waals surface area contributed by atoms with Crippen LogP contribution in [0.15, 0.2) is 30.5 Å². The highest BCUT2D eigenvalue weighted by Gasteiger charge is 2.16. The van der Waals surface area contributed by atoms with Gasteiger partial charge in [-0.3, -0.25) is 4.79 Å². The standard InChI is InChI=1S/C13H13N3O/c17-9-11-3-1-2-4-12(11)16-13-8-14-6-5-10(13)7-15-16/h1-4,7,9,14H,5-6,8H2. The molecule has 2 heterocycles. The third kappa shape index (κ3) is 1.66. The van der Waals surface area contributed by atoms with E-state index in [-0.39, 0.29) is 0 Å². The minimum absolute atomic E-state index is 0.670. The Labute approximate surface area is 99.3 Å². The topological polar surface area (TPSA) is 46.9 Å². The molecular formula is C13H13N3O. The van der Waals surface area contributed by atoms with Crippen molar-refractivity contribution in [1.29, 1.82) is 0 Å². The van der Waals surface area contributed by atoms with E-state index in [0.717, 1.165) is 37.2 Å². The lowest BCUT2D eigenvalue weighted by Crippen LogP contribution is -2.25. The van der Waals surface area contributed by atoms with Crippen molar-refractivity contribution in [3.8, 4) is 5.69 Å². The van der Waals surface area contributed by atoms with Gasteiger partial charge in [-0.2, -0.15) is 5.10 Å². The molecule has 86 valence electrons. The molecule has 1 aliphatic rings. The van der Waals surface area contributed by atoms with Gasteiger partial charge < -0.3 is 5.32 Å². The normalized spacial score (nSPS) is 14.4. The minimum Gasteiger partial charge on any atom is -0.311 e. The Morgan fingerprint density at radius 1 is 1.35 bits per heavy atom. The molecule has 1 N–H and O–H groups in total. The van der Waals surface area contributed by atoms with Crippen molar-refractivity contribution in [2.45, 2.75) is 13.0 Å². The Balaban J connectivity index is 2.15. The van der Waals surface area contributed by atoms with Gasteiger partial charge in [-0.05, 0) is 30.7 Å². The van der Waals surface area contributed by atoms with E-state index in [1.807, 2.05) is 35.1 Å². The van der Waals surface area contributed by atoms with Crippen molar-refractivity contribution in [1.82, 2.24) is 15.1 Å². The number of nitrogens with zero attached hydrogens (tertiary/aromatic N) is 2. The average Bonchev–Trinajstić information content (AvgIpc) is 2.82. The number of benzene rings is 1. The molecule has 1 aliphatic heterocycles. The first kappa shape index (κ1) is 10.2. The molecule has 0 radical (unpaired) electrons. The molecule has 0 spiro atoms. The van der Waals surface area contributed by atoms with Gasteiger partial charge in [0.05, 0.1) is 17.6 Å². The maximum Gasteiger partial charge on any atom is 0.152 e. The van der Waals surface area contributed by atoms with Crippen molar-refractivity contribution in [2.24, 2.45) is 0 Å². The third-order valence-electron chi connectivity index (χ3n) is 3.11. The zero-order valence-electron chi connectivity index (χ0n) is 9.39. The Kier molecular flexibility index (Phi) is 2.49. The van der Waals surface area contributed by atoms with Crippen LogP contribution in [0, 0.1) is 0 Å². The first-order valence-corrected chi connectivity index (χ1v) is 5.71. The molecule has 4 nitrogen and oxygen atoms in total. The van der Waals surface area contributed by atoms with Crippen molar-refractivity contribution >= 4 is 6.29 Å². The second kappa shape index (κ2) is 4.14. The predicted molar refractivity (Wildman–Crippen MR) is 64.4 cm³/mol. The highest BCUT2D eigenvalue weighted by atomic mass is 16.1. The summed E-state index contributed by atoms with van der Waals surface area (Å²) in [5, 5.41) is 7.72. The summed E-state index contributed by atoms with van der Waals surface area (Å²) in [7, 11) is 0. The van der Waals surface area contributed by atoms with E-state index in [1.165, 1.54) is 5.56 Å². The number of fused-ring (bicyclic) bond motifs is 1. The van der Waals surface area contributed by atoms with E-state index in [9.17, 15) is 4.79 Å². The molecule has 0 amide bonds. The van der Waals surface area contributed by atoms with E-state index in [4.69, 9.17) is 0 Å². The molecular weight excluding hydrogens is 214 g/mol. The van der Waals surface area contributed by atoms with Crippen LogP contribution < -0.4 is 5.32 Å². The minimum atomic E-state index is 0.670. The average molecular weight is 227 g/mol. The third-order valence-corrected chi connectivity index (χ3v) is 3.11. The molecule has 0 unspecified atom stereocenters. The molecule has 2 aromatic rings. The quantitative estimate of drug-likeness (QED) is 0.787. The van der Waals surface area contributed by atoms with Gasteiger partial charge in [0.15, 0.2) is 6.29 Å². The smallest absolute Gasteiger partial charge is 0.152 e. The number of hydrogen-bond acceptors (Lipinski definition) is 3. The van der Waals surface area contributed by atoms with Crippen LogP contribution in [0.5, 0.6) is 0 Å². The van der Waals surface area contributed by atoms with Gasteiger partial charge in [0.2, 0.25) is 0 Å². The maximum atomic E-state index is 11.0. The number of para-hydroxylation sites is 1. The number of hydrogen-bond donors (Lipinski definition) is 1. The molecule has 17 heavy (non-hydrogen) atoms. The SMILES string of the molecule is O=Cc1ccccc1-n1ncc2c1CNCC2. The number of carbonyl (C=O) groups excluding carboxylic acids is 1. The fourth-order valence-electron chi connectivity index (χ4n) is 2.22. The maximum absolute atomic E-state index is 11.0. The Morgan fingerprint density at radius 2 is 2.24 bits per heavy atom. The Morgan fingerprint density at radius 3 is 3.12 bits per heavy atom. The molecule has 0 atom stereocenters. The summed E-state index contributed by atoms with van der Waals surface area (Å²) in [6.07, 6.45) is 3.77. The number of rotatable bonds is 2. The highest BCUT2D eigenvalue weighted by molar-refractivity contribution is 5.80. The van der Waals surface area contributed by atoms with Crippen LogP contribution >= 0.6 is 0 Å². The summed E-state index contributed by atoms with van der Waals surface area (Å²) in [6, 6.07) is 7.52. The largest absolute Gasteiger partial charge is 0.311 e. The molecule has 0 saturated carbocycles. The lowest BCUT2D eigenvalue weighted by atomic mass is 10.1. The van der Waals surface area contributed by atoms with Gasteiger partial charge in [-0.1, -0.05) is 12.1 Å². The fraction of sp³-hybridized carbons (Fsp3) is 0.231. The van der Waals surface area contributed by atoms with E-state index in [2.05, 4.69) is 10.4 Å². The molecule has 0 saturated heterocycles. The zero-order chi connectivity index (χ0) is 11.7. The summed E-state index contributed by atoms with van der Waals surface area (Å²) in [5.74, 6) is 0. The lowest BCUT2D eigenvalue weighted by molar-refractivity contribution is 0.112. The first-order chi connectivity index (χ1) is 8.40. The van der Waals surface area contributed by atoms with Crippen LogP contribution in [0.1, 0.15) is 21.6 Å². The number of aldehydes is 1. The Hall–Kier alpha value is -1.94. The summed E-state index contributed by atoms with van der Waals surface area (Å²) >= 11 is 0. The van der Waals surface area contributed by atoms with Crippen LogP contribution in [0.2, 0.25) is 0 Å². The first-order valence-electron chi connectivity index (χ1n) is 5.71. The number of nitrogens with one attached hydrogen (secondary N) is 1. The van der Waals surface area contributed by atoms with Gasteiger partial charge in [0.25, 0.3) is 0 Å². The van der Waals surface area contributed by atoms with Crippen LogP contribution in [0.4, 0.5) is 0 Å². The lowest BCUT2D eigenvalue weighted by Gasteiger charge is -2.15. The van der Waals surface area contributed by atoms with Crippen molar-refractivity contribution in [2.75, 3.05) is 6.54 Å². The van der Waals surface area contributed by atoms with E-state index in [1.54, 1.807) is 0 Å². The summed E-state index contributed by atoms with van der Waals surface area (Å²) in [6.45, 7) is 1.80. The molecule has 1 aromatic heterocycles. The van der Waals surface area contributed by atoms with Gasteiger partial charge in [-0.25, -0.2) is 4.68 Å². The molecule has 3 rings (SSSR count). The van der Waals surface area contributed by atoms with Crippen LogP contribution in [0.3, 0.4) is 0 Å². The van der Waals surface area contributed by atoms with Crippen LogP contribution in [-0.2, 0) is 13.0 Å². The van der Waals surface area contributed by atoms with Crippen LogP contribution in [-0.4, -0.2) is 22.6 Å². The fourth-order valence-corrected chi connectivity index (χ4v) is 2.22. The molecule has 0 bridgehead atoms. The number of aromatic nitrogens is 2. The van der Waals surface area contributed by atoms with Gasteiger partial charge in [0.1, 0.15) is 0 Å². The molecule has 4 heteroatoms. The summed E-state index contributed by atoms with van der Waals surface area (Å²) in [4.78, 5) is 11.0. The van der Waals surface area contributed by atoms with E-state index in [0.29, 0.717) is 5.56 Å². The second-order valence-corrected chi connectivity index (χ2v) is 4.13. The van der Waals surface area contributed by atoms with E-state index < -0.39 is 0 Å². The van der Waals surface area contributed by atoms with Gasteiger partial charge in [0, 0.05) is 12.1 Å². The van der Waals surface area contributed by atoms with Gasteiger partial charge in [-0.15, -0.1) is 0 Å². The van der Waals surface area contributed by atoms with Crippen molar-refractivity contribution in [3.05, 3.63) is 47.3 Å². The highest BCUT2D eigenvalue weighted by Crippen LogP contribution is 2.19. The Bertz CT molecular complexity index is 560. The molecule has 1 aromatic carbocycles. The predicted octanol–water partition coefficient (Wildman–Crippen LogP) is 1.33.